The van der Waals surface area contributed by atoms with E-state index >= 15 is 0 Å². The van der Waals surface area contributed by atoms with Crippen LogP contribution < -0.4 is 20.1 Å². The number of hydrogen-bond donors (Lipinski definition) is 2. The molecule has 0 radical (unpaired) electrons. The maximum Gasteiger partial charge on any atom is 0.315 e. The molecule has 1 atom stereocenters. The topological polar surface area (TPSA) is 72.5 Å². The monoisotopic (exact) mass is 313 g/mol. The normalized spacial score (nSPS) is 14.0. The minimum absolute atomic E-state index is 0.0849. The third kappa shape index (κ3) is 3.91. The lowest BCUT2D eigenvalue weighted by molar-refractivity contribution is 0.171. The van der Waals surface area contributed by atoms with Crippen LogP contribution in [0.5, 0.6) is 11.5 Å². The first-order valence-corrected chi connectivity index (χ1v) is 7.55. The zero-order chi connectivity index (χ0) is 16.1. The minimum Gasteiger partial charge on any atom is -0.486 e. The van der Waals surface area contributed by atoms with Crippen molar-refractivity contribution >= 4 is 6.03 Å². The van der Waals surface area contributed by atoms with E-state index in [2.05, 4.69) is 15.6 Å². The predicted octanol–water partition coefficient (Wildman–Crippen LogP) is 2.41. The van der Waals surface area contributed by atoms with E-state index in [0.717, 1.165) is 22.6 Å². The standard InChI is InChI=1S/C17H19N3O3/c1-12(14-4-6-18-7-5-14)20-17(21)19-11-13-2-3-15-16(10-13)23-9-8-22-15/h2-7,10,12H,8-9,11H2,1H3,(H2,19,20,21). The van der Waals surface area contributed by atoms with Gasteiger partial charge in [-0.05, 0) is 42.3 Å². The molecule has 0 aliphatic carbocycles. The van der Waals surface area contributed by atoms with Crippen LogP contribution in [0, 0.1) is 0 Å². The number of fused-ring (bicyclic) bond motifs is 1. The first-order chi connectivity index (χ1) is 11.2. The third-order valence-corrected chi connectivity index (χ3v) is 3.61. The highest BCUT2D eigenvalue weighted by Crippen LogP contribution is 2.30. The smallest absolute Gasteiger partial charge is 0.315 e. The summed E-state index contributed by atoms with van der Waals surface area (Å²) in [6, 6.07) is 9.13. The van der Waals surface area contributed by atoms with E-state index in [0.29, 0.717) is 19.8 Å². The van der Waals surface area contributed by atoms with Crippen molar-refractivity contribution in [2.75, 3.05) is 13.2 Å². The molecular weight excluding hydrogens is 294 g/mol. The fourth-order valence-corrected chi connectivity index (χ4v) is 2.36. The highest BCUT2D eigenvalue weighted by molar-refractivity contribution is 5.74. The second kappa shape index (κ2) is 7.00. The van der Waals surface area contributed by atoms with Crippen molar-refractivity contribution in [2.24, 2.45) is 0 Å². The van der Waals surface area contributed by atoms with Crippen LogP contribution in [-0.4, -0.2) is 24.2 Å². The van der Waals surface area contributed by atoms with Crippen LogP contribution in [0.3, 0.4) is 0 Å². The van der Waals surface area contributed by atoms with Gasteiger partial charge in [-0.15, -0.1) is 0 Å². The Bertz CT molecular complexity index is 676. The Kier molecular flexibility index (Phi) is 4.61. The quantitative estimate of drug-likeness (QED) is 0.909. The molecule has 1 unspecified atom stereocenters. The maximum absolute atomic E-state index is 12.0. The summed E-state index contributed by atoms with van der Waals surface area (Å²) < 4.78 is 11.0. The van der Waals surface area contributed by atoms with Gasteiger partial charge < -0.3 is 20.1 Å². The number of carbonyl (C=O) groups is 1. The average Bonchev–Trinajstić information content (AvgIpc) is 2.60. The van der Waals surface area contributed by atoms with Crippen LogP contribution in [-0.2, 0) is 6.54 Å². The molecule has 1 aromatic heterocycles. The molecule has 0 saturated carbocycles. The van der Waals surface area contributed by atoms with Crippen LogP contribution in [0.2, 0.25) is 0 Å². The number of nitrogens with zero attached hydrogens (tertiary/aromatic N) is 1. The number of nitrogens with one attached hydrogen (secondary N) is 2. The lowest BCUT2D eigenvalue weighted by Gasteiger charge is -2.19. The Morgan fingerprint density at radius 1 is 1.17 bits per heavy atom. The molecule has 6 nitrogen and oxygen atoms in total. The van der Waals surface area contributed by atoms with E-state index in [4.69, 9.17) is 9.47 Å². The fourth-order valence-electron chi connectivity index (χ4n) is 2.36. The van der Waals surface area contributed by atoms with E-state index < -0.39 is 0 Å². The van der Waals surface area contributed by atoms with E-state index in [1.807, 2.05) is 37.3 Å². The van der Waals surface area contributed by atoms with Gasteiger partial charge in [-0.1, -0.05) is 6.07 Å². The average molecular weight is 313 g/mol. The van der Waals surface area contributed by atoms with Crippen molar-refractivity contribution in [1.29, 1.82) is 0 Å². The number of carbonyl (C=O) groups excluding carboxylic acids is 1. The second-order valence-corrected chi connectivity index (χ2v) is 5.31. The van der Waals surface area contributed by atoms with Crippen molar-refractivity contribution in [2.45, 2.75) is 19.5 Å². The van der Waals surface area contributed by atoms with Gasteiger partial charge in [0.15, 0.2) is 11.5 Å². The first kappa shape index (κ1) is 15.1. The van der Waals surface area contributed by atoms with Gasteiger partial charge in [0, 0.05) is 18.9 Å². The Hall–Kier alpha value is -2.76. The fraction of sp³-hybridized carbons (Fsp3) is 0.294. The van der Waals surface area contributed by atoms with Crippen LogP contribution >= 0.6 is 0 Å². The number of benzene rings is 1. The van der Waals surface area contributed by atoms with Gasteiger partial charge in [0.25, 0.3) is 0 Å². The van der Waals surface area contributed by atoms with E-state index in [1.54, 1.807) is 12.4 Å². The summed E-state index contributed by atoms with van der Waals surface area (Å²) in [5, 5.41) is 5.74. The maximum atomic E-state index is 12.0. The Labute approximate surface area is 134 Å². The van der Waals surface area contributed by atoms with Gasteiger partial charge in [0.05, 0.1) is 6.04 Å². The highest BCUT2D eigenvalue weighted by Gasteiger charge is 2.13. The predicted molar refractivity (Wildman–Crippen MR) is 85.5 cm³/mol. The third-order valence-electron chi connectivity index (χ3n) is 3.61. The van der Waals surface area contributed by atoms with E-state index in [-0.39, 0.29) is 12.1 Å². The molecule has 2 aromatic rings. The molecule has 23 heavy (non-hydrogen) atoms. The first-order valence-electron chi connectivity index (χ1n) is 7.55. The molecule has 0 saturated heterocycles. The summed E-state index contributed by atoms with van der Waals surface area (Å²) in [7, 11) is 0. The molecule has 6 heteroatoms. The summed E-state index contributed by atoms with van der Waals surface area (Å²) in [5.74, 6) is 1.47. The van der Waals surface area contributed by atoms with Crippen molar-refractivity contribution in [1.82, 2.24) is 15.6 Å². The Morgan fingerprint density at radius 3 is 2.70 bits per heavy atom. The van der Waals surface area contributed by atoms with Gasteiger partial charge in [-0.2, -0.15) is 0 Å². The molecule has 2 N–H and O–H groups in total. The molecule has 0 spiro atoms. The Balaban J connectivity index is 1.53. The van der Waals surface area contributed by atoms with Gasteiger partial charge in [-0.25, -0.2) is 4.79 Å². The number of rotatable bonds is 4. The minimum atomic E-state index is -0.218. The van der Waals surface area contributed by atoms with Crippen molar-refractivity contribution in [3.63, 3.8) is 0 Å². The van der Waals surface area contributed by atoms with Gasteiger partial charge in [0.2, 0.25) is 0 Å². The number of hydrogen-bond acceptors (Lipinski definition) is 4. The lowest BCUT2D eigenvalue weighted by atomic mass is 10.1. The molecule has 0 fully saturated rings. The number of ether oxygens (including phenoxy) is 2. The summed E-state index contributed by atoms with van der Waals surface area (Å²) in [5.41, 5.74) is 1.97. The van der Waals surface area contributed by atoms with E-state index in [1.165, 1.54) is 0 Å². The molecule has 1 aromatic carbocycles. The SMILES string of the molecule is CC(NC(=O)NCc1ccc2c(c1)OCCO2)c1ccncc1. The summed E-state index contributed by atoms with van der Waals surface area (Å²) >= 11 is 0. The molecule has 2 heterocycles. The van der Waals surface area contributed by atoms with Crippen LogP contribution in [0.15, 0.2) is 42.7 Å². The van der Waals surface area contributed by atoms with Crippen molar-refractivity contribution < 1.29 is 14.3 Å². The molecule has 120 valence electrons. The van der Waals surface area contributed by atoms with Crippen LogP contribution in [0.4, 0.5) is 4.79 Å². The molecule has 0 bridgehead atoms. The Morgan fingerprint density at radius 2 is 1.91 bits per heavy atom. The molecule has 2 amide bonds. The zero-order valence-corrected chi connectivity index (χ0v) is 12.9. The van der Waals surface area contributed by atoms with Crippen LogP contribution in [0.1, 0.15) is 24.1 Å². The van der Waals surface area contributed by atoms with Gasteiger partial charge in [0.1, 0.15) is 13.2 Å². The second-order valence-electron chi connectivity index (χ2n) is 5.31. The van der Waals surface area contributed by atoms with Gasteiger partial charge >= 0.3 is 6.03 Å². The highest BCUT2D eigenvalue weighted by atomic mass is 16.6. The zero-order valence-electron chi connectivity index (χ0n) is 12.9. The number of amides is 2. The van der Waals surface area contributed by atoms with Crippen LogP contribution in [0.25, 0.3) is 0 Å². The number of aromatic nitrogens is 1. The lowest BCUT2D eigenvalue weighted by Crippen LogP contribution is -2.36. The summed E-state index contributed by atoms with van der Waals surface area (Å²) in [6.45, 7) is 3.47. The van der Waals surface area contributed by atoms with Crippen molar-refractivity contribution in [3.05, 3.63) is 53.9 Å². The number of pyridine rings is 1. The summed E-state index contributed by atoms with van der Waals surface area (Å²) in [4.78, 5) is 16.0. The molecule has 1 aliphatic heterocycles. The molecular formula is C17H19N3O3. The van der Waals surface area contributed by atoms with E-state index in [9.17, 15) is 4.79 Å². The van der Waals surface area contributed by atoms with Gasteiger partial charge in [-0.3, -0.25) is 4.98 Å². The summed E-state index contributed by atoms with van der Waals surface area (Å²) in [6.07, 6.45) is 3.42. The molecule has 3 rings (SSSR count). The number of urea groups is 1. The molecule has 1 aliphatic rings. The largest absolute Gasteiger partial charge is 0.486 e. The van der Waals surface area contributed by atoms with Crippen molar-refractivity contribution in [3.8, 4) is 11.5 Å².